The molecule has 5 rings (SSSR count). The van der Waals surface area contributed by atoms with Crippen molar-refractivity contribution in [3.8, 4) is 0 Å². The summed E-state index contributed by atoms with van der Waals surface area (Å²) in [5.41, 5.74) is 0.903. The zero-order valence-corrected chi connectivity index (χ0v) is 22.0. The zero-order chi connectivity index (χ0) is 23.6. The van der Waals surface area contributed by atoms with Crippen LogP contribution < -0.4 is 0 Å². The molecule has 0 N–H and O–H groups in total. The van der Waals surface area contributed by atoms with Gasteiger partial charge in [0.1, 0.15) is 0 Å². The molecule has 0 aromatic rings. The minimum atomic E-state index is -0.411. The summed E-state index contributed by atoms with van der Waals surface area (Å²) in [6, 6.07) is 0. The highest BCUT2D eigenvalue weighted by molar-refractivity contribution is 5.68. The maximum atomic E-state index is 11.6. The summed E-state index contributed by atoms with van der Waals surface area (Å²) in [6.07, 6.45) is 14.1. The molecule has 1 saturated heterocycles. The van der Waals surface area contributed by atoms with E-state index in [0.717, 1.165) is 36.5 Å². The van der Waals surface area contributed by atoms with E-state index in [-0.39, 0.29) is 5.97 Å². The molecule has 0 aromatic carbocycles. The molecule has 1 unspecified atom stereocenters. The molecule has 0 amide bonds. The van der Waals surface area contributed by atoms with Crippen LogP contribution in [0, 0.1) is 46.3 Å². The average molecular weight is 461 g/mol. The molecule has 33 heavy (non-hydrogen) atoms. The minimum absolute atomic E-state index is 0.0574. The van der Waals surface area contributed by atoms with Gasteiger partial charge in [-0.3, -0.25) is 4.79 Å². The second-order valence-electron chi connectivity index (χ2n) is 13.4. The molecule has 1 aliphatic heterocycles. The van der Waals surface area contributed by atoms with E-state index in [1.165, 1.54) is 58.5 Å². The fourth-order valence-electron chi connectivity index (χ4n) is 10.1. The summed E-state index contributed by atoms with van der Waals surface area (Å²) in [7, 11) is 1.50. The van der Waals surface area contributed by atoms with Crippen LogP contribution >= 0.6 is 0 Å². The van der Waals surface area contributed by atoms with Crippen LogP contribution in [0.3, 0.4) is 0 Å². The van der Waals surface area contributed by atoms with Crippen molar-refractivity contribution in [3.05, 3.63) is 0 Å². The molecule has 5 fully saturated rings. The highest BCUT2D eigenvalue weighted by Crippen LogP contribution is 2.69. The summed E-state index contributed by atoms with van der Waals surface area (Å²) < 4.78 is 17.7. The van der Waals surface area contributed by atoms with E-state index in [0.29, 0.717) is 41.3 Å². The summed E-state index contributed by atoms with van der Waals surface area (Å²) in [6.45, 7) is 11.9. The molecule has 4 heteroatoms. The van der Waals surface area contributed by atoms with Crippen LogP contribution in [0.25, 0.3) is 0 Å². The first-order valence-corrected chi connectivity index (χ1v) is 14.0. The monoisotopic (exact) mass is 460 g/mol. The van der Waals surface area contributed by atoms with Gasteiger partial charge < -0.3 is 14.2 Å². The zero-order valence-electron chi connectivity index (χ0n) is 22.0. The molecule has 0 aromatic heterocycles. The van der Waals surface area contributed by atoms with Gasteiger partial charge in [-0.15, -0.1) is 0 Å². The number of hydrogen-bond acceptors (Lipinski definition) is 4. The normalized spacial score (nSPS) is 48.8. The van der Waals surface area contributed by atoms with Gasteiger partial charge in [0.15, 0.2) is 5.79 Å². The number of rotatable bonds is 5. The standard InChI is InChI=1S/C29H48O4/c1-18(8-7-9-25(30)31-6)20-12-13-21-19-10-11-23-26-24(32-27(2,3)33-26)15-17-29(23,5)22(19)14-16-28(20,21)4/h18-24,26H,7-17H2,1-6H3/t18-,19+,20-,21+,22+,23?,24+,26-,28-,29-/m1/s1. The van der Waals surface area contributed by atoms with Gasteiger partial charge in [-0.2, -0.15) is 0 Å². The maximum Gasteiger partial charge on any atom is 0.305 e. The number of carbonyl (C=O) groups excluding carboxylic acids is 1. The van der Waals surface area contributed by atoms with Crippen LogP contribution in [0.2, 0.25) is 0 Å². The lowest BCUT2D eigenvalue weighted by molar-refractivity contribution is -0.170. The Morgan fingerprint density at radius 1 is 0.909 bits per heavy atom. The van der Waals surface area contributed by atoms with Crippen LogP contribution in [0.15, 0.2) is 0 Å². The lowest BCUT2D eigenvalue weighted by Gasteiger charge is -2.62. The number of ether oxygens (including phenoxy) is 3. The van der Waals surface area contributed by atoms with Gasteiger partial charge in [0.2, 0.25) is 0 Å². The number of hydrogen-bond donors (Lipinski definition) is 0. The van der Waals surface area contributed by atoms with E-state index in [2.05, 4.69) is 34.6 Å². The Hall–Kier alpha value is -0.610. The molecule has 4 aliphatic carbocycles. The molecular weight excluding hydrogens is 412 g/mol. The first kappa shape index (κ1) is 24.1. The summed E-state index contributed by atoms with van der Waals surface area (Å²) in [5, 5.41) is 0. The predicted molar refractivity (Wildman–Crippen MR) is 129 cm³/mol. The van der Waals surface area contributed by atoms with Crippen molar-refractivity contribution >= 4 is 5.97 Å². The largest absolute Gasteiger partial charge is 0.469 e. The van der Waals surface area contributed by atoms with Gasteiger partial charge in [-0.1, -0.05) is 20.8 Å². The van der Waals surface area contributed by atoms with Crippen molar-refractivity contribution in [2.24, 2.45) is 46.3 Å². The van der Waals surface area contributed by atoms with E-state index >= 15 is 0 Å². The molecule has 4 nitrogen and oxygen atoms in total. The van der Waals surface area contributed by atoms with Gasteiger partial charge in [-0.05, 0) is 124 Å². The van der Waals surface area contributed by atoms with E-state index in [9.17, 15) is 4.79 Å². The van der Waals surface area contributed by atoms with Crippen LogP contribution in [0.4, 0.5) is 0 Å². The van der Waals surface area contributed by atoms with Crippen LogP contribution in [-0.4, -0.2) is 31.1 Å². The molecule has 1 heterocycles. The Morgan fingerprint density at radius 3 is 2.36 bits per heavy atom. The van der Waals surface area contributed by atoms with Gasteiger partial charge >= 0.3 is 5.97 Å². The van der Waals surface area contributed by atoms with Crippen molar-refractivity contribution in [2.45, 2.75) is 123 Å². The molecule has 4 saturated carbocycles. The van der Waals surface area contributed by atoms with Crippen molar-refractivity contribution < 1.29 is 19.0 Å². The molecule has 188 valence electrons. The minimum Gasteiger partial charge on any atom is -0.469 e. The van der Waals surface area contributed by atoms with Crippen LogP contribution in [0.1, 0.15) is 105 Å². The van der Waals surface area contributed by atoms with Crippen molar-refractivity contribution in [3.63, 3.8) is 0 Å². The topological polar surface area (TPSA) is 44.8 Å². The first-order valence-electron chi connectivity index (χ1n) is 14.0. The lowest BCUT2D eigenvalue weighted by atomic mass is 9.44. The SMILES string of the molecule is COC(=O)CCC[C@@H](C)[C@H]1CC[C@H]2[C@@H]3CCC4[C@H]5OC(C)(C)O[C@H]5CC[C@]4(C)[C@H]3CC[C@]12C. The van der Waals surface area contributed by atoms with Gasteiger partial charge in [0, 0.05) is 6.42 Å². The van der Waals surface area contributed by atoms with Crippen molar-refractivity contribution in [2.75, 3.05) is 7.11 Å². The second kappa shape index (κ2) is 8.50. The molecule has 0 radical (unpaired) electrons. The Labute approximate surface area is 201 Å². The van der Waals surface area contributed by atoms with Gasteiger partial charge in [0.25, 0.3) is 0 Å². The van der Waals surface area contributed by atoms with E-state index in [1.54, 1.807) is 0 Å². The summed E-state index contributed by atoms with van der Waals surface area (Å²) >= 11 is 0. The number of methoxy groups -OCH3 is 1. The predicted octanol–water partition coefficient (Wildman–Crippen LogP) is 6.75. The summed E-state index contributed by atoms with van der Waals surface area (Å²) in [4.78, 5) is 11.6. The third-order valence-corrected chi connectivity index (χ3v) is 11.6. The van der Waals surface area contributed by atoms with Gasteiger partial charge in [0.05, 0.1) is 19.3 Å². The molecule has 5 aliphatic rings. The Kier molecular flexibility index (Phi) is 6.21. The van der Waals surface area contributed by atoms with Crippen LogP contribution in [-0.2, 0) is 19.0 Å². The maximum absolute atomic E-state index is 11.6. The molecule has 10 atom stereocenters. The summed E-state index contributed by atoms with van der Waals surface area (Å²) in [5.74, 6) is 4.35. The second-order valence-corrected chi connectivity index (χ2v) is 13.4. The average Bonchev–Trinajstić information content (AvgIpc) is 3.28. The third-order valence-electron chi connectivity index (χ3n) is 11.6. The van der Waals surface area contributed by atoms with Crippen LogP contribution in [0.5, 0.6) is 0 Å². The fraction of sp³-hybridized carbons (Fsp3) is 0.966. The fourth-order valence-corrected chi connectivity index (χ4v) is 10.1. The lowest BCUT2D eigenvalue weighted by Crippen LogP contribution is -2.57. The number of carbonyl (C=O) groups is 1. The Morgan fingerprint density at radius 2 is 1.61 bits per heavy atom. The van der Waals surface area contributed by atoms with E-state index in [4.69, 9.17) is 14.2 Å². The number of esters is 1. The van der Waals surface area contributed by atoms with E-state index < -0.39 is 5.79 Å². The Balaban J connectivity index is 1.29. The molecule has 0 bridgehead atoms. The highest BCUT2D eigenvalue weighted by Gasteiger charge is 2.64. The molecular formula is C29H48O4. The number of fused-ring (bicyclic) bond motifs is 7. The van der Waals surface area contributed by atoms with Crippen molar-refractivity contribution in [1.29, 1.82) is 0 Å². The van der Waals surface area contributed by atoms with Crippen molar-refractivity contribution in [1.82, 2.24) is 0 Å². The quantitative estimate of drug-likeness (QED) is 0.425. The first-order chi connectivity index (χ1) is 15.6. The van der Waals surface area contributed by atoms with Gasteiger partial charge in [-0.25, -0.2) is 0 Å². The highest BCUT2D eigenvalue weighted by atomic mass is 16.8. The third kappa shape index (κ3) is 3.90. The Bertz CT molecular complexity index is 748. The molecule has 0 spiro atoms. The smallest absolute Gasteiger partial charge is 0.305 e. The van der Waals surface area contributed by atoms with E-state index in [1.807, 2.05) is 0 Å².